The van der Waals surface area contributed by atoms with Crippen LogP contribution in [-0.4, -0.2) is 19.5 Å². The summed E-state index contributed by atoms with van der Waals surface area (Å²) in [5.74, 6) is 1.15. The summed E-state index contributed by atoms with van der Waals surface area (Å²) in [7, 11) is 1.55. The number of benzene rings is 1. The number of ether oxygens (including phenoxy) is 3. The van der Waals surface area contributed by atoms with Gasteiger partial charge in [0.05, 0.1) is 16.6 Å². The molecule has 0 amide bonds. The van der Waals surface area contributed by atoms with E-state index in [2.05, 4.69) is 35.2 Å². The van der Waals surface area contributed by atoms with E-state index >= 15 is 0 Å². The normalized spacial score (nSPS) is 19.1. The van der Waals surface area contributed by atoms with Crippen LogP contribution < -0.4 is 15.2 Å². The van der Waals surface area contributed by atoms with Crippen molar-refractivity contribution in [3.8, 4) is 17.6 Å². The molecule has 3 rings (SSSR count). The van der Waals surface area contributed by atoms with Crippen LogP contribution in [0, 0.1) is 14.9 Å². The Morgan fingerprint density at radius 2 is 2.26 bits per heavy atom. The van der Waals surface area contributed by atoms with E-state index in [9.17, 15) is 10.1 Å². The maximum Gasteiger partial charge on any atom is 0.205 e. The Morgan fingerprint density at radius 1 is 1.48 bits per heavy atom. The third-order valence-corrected chi connectivity index (χ3v) is 5.34. The molecule has 0 saturated carbocycles. The first kappa shape index (κ1) is 19.3. The molecule has 1 heterocycles. The molecule has 2 N–H and O–H groups in total. The van der Waals surface area contributed by atoms with Crippen molar-refractivity contribution in [3.05, 3.63) is 56.7 Å². The number of Topliss-reactive ketones (excluding diaryl/α,β-unsaturated/α-hetero) is 1. The second kappa shape index (κ2) is 8.05. The standard InChI is InChI=1S/C20H19IN2O4/c1-3-7-26-19-13(21)8-11(9-16(19)25-2)17-12(10-22)20(23)27-15-6-4-5-14(24)18(15)17/h3,8-9,17H,1,4-7,23H2,2H3/t17-/m1/s1. The van der Waals surface area contributed by atoms with Crippen LogP contribution in [0.4, 0.5) is 0 Å². The van der Waals surface area contributed by atoms with Crippen molar-refractivity contribution in [1.82, 2.24) is 0 Å². The minimum Gasteiger partial charge on any atom is -0.493 e. The molecule has 1 aromatic carbocycles. The van der Waals surface area contributed by atoms with Gasteiger partial charge in [-0.2, -0.15) is 5.26 Å². The van der Waals surface area contributed by atoms with Crippen molar-refractivity contribution >= 4 is 28.4 Å². The molecule has 1 aromatic rings. The topological polar surface area (TPSA) is 94.6 Å². The zero-order chi connectivity index (χ0) is 19.6. The minimum atomic E-state index is -0.567. The van der Waals surface area contributed by atoms with Gasteiger partial charge in [-0.15, -0.1) is 0 Å². The summed E-state index contributed by atoms with van der Waals surface area (Å²) in [6.45, 7) is 3.99. The fourth-order valence-corrected chi connectivity index (χ4v) is 4.16. The van der Waals surface area contributed by atoms with Gasteiger partial charge in [0.25, 0.3) is 0 Å². The highest BCUT2D eigenvalue weighted by molar-refractivity contribution is 14.1. The van der Waals surface area contributed by atoms with Crippen LogP contribution in [-0.2, 0) is 9.53 Å². The predicted molar refractivity (Wildman–Crippen MR) is 108 cm³/mol. The number of rotatable bonds is 5. The lowest BCUT2D eigenvalue weighted by molar-refractivity contribution is -0.116. The van der Waals surface area contributed by atoms with Gasteiger partial charge in [-0.1, -0.05) is 12.7 Å². The number of halogens is 1. The van der Waals surface area contributed by atoms with Crippen molar-refractivity contribution in [1.29, 1.82) is 5.26 Å². The average Bonchev–Trinajstić information content (AvgIpc) is 2.65. The zero-order valence-electron chi connectivity index (χ0n) is 14.9. The van der Waals surface area contributed by atoms with Crippen LogP contribution in [0.5, 0.6) is 11.5 Å². The highest BCUT2D eigenvalue weighted by Crippen LogP contribution is 2.46. The van der Waals surface area contributed by atoms with Crippen molar-refractivity contribution in [2.24, 2.45) is 5.73 Å². The summed E-state index contributed by atoms with van der Waals surface area (Å²) in [5.41, 5.74) is 7.49. The number of carbonyl (C=O) groups excluding carboxylic acids is 1. The van der Waals surface area contributed by atoms with Gasteiger partial charge in [0, 0.05) is 18.4 Å². The Kier molecular flexibility index (Phi) is 5.75. The lowest BCUT2D eigenvalue weighted by Crippen LogP contribution is -2.27. The van der Waals surface area contributed by atoms with Crippen molar-refractivity contribution < 1.29 is 19.0 Å². The van der Waals surface area contributed by atoms with E-state index < -0.39 is 5.92 Å². The van der Waals surface area contributed by atoms with E-state index in [1.807, 2.05) is 6.07 Å². The molecule has 0 radical (unpaired) electrons. The Balaban J connectivity index is 2.17. The highest BCUT2D eigenvalue weighted by Gasteiger charge is 2.38. The molecule has 0 fully saturated rings. The first-order valence-corrected chi connectivity index (χ1v) is 9.54. The molecule has 1 atom stereocenters. The number of nitrogens with two attached hydrogens (primary N) is 1. The zero-order valence-corrected chi connectivity index (χ0v) is 17.0. The number of nitrogens with zero attached hydrogens (tertiary/aromatic N) is 1. The Morgan fingerprint density at radius 3 is 2.93 bits per heavy atom. The lowest BCUT2D eigenvalue weighted by Gasteiger charge is -2.31. The molecule has 140 valence electrons. The number of hydrogen-bond donors (Lipinski definition) is 1. The van der Waals surface area contributed by atoms with E-state index in [0.29, 0.717) is 42.3 Å². The number of allylic oxidation sites excluding steroid dienone is 3. The summed E-state index contributed by atoms with van der Waals surface area (Å²) in [5, 5.41) is 9.67. The van der Waals surface area contributed by atoms with Crippen LogP contribution in [0.25, 0.3) is 0 Å². The minimum absolute atomic E-state index is 0.0116. The van der Waals surface area contributed by atoms with Gasteiger partial charge in [-0.05, 0) is 46.7 Å². The molecule has 2 aliphatic rings. The van der Waals surface area contributed by atoms with E-state index in [1.54, 1.807) is 19.3 Å². The van der Waals surface area contributed by atoms with Crippen LogP contribution in [0.3, 0.4) is 0 Å². The second-order valence-electron chi connectivity index (χ2n) is 6.17. The van der Waals surface area contributed by atoms with Gasteiger partial charge in [0.15, 0.2) is 17.3 Å². The third kappa shape index (κ3) is 3.54. The average molecular weight is 478 g/mol. The molecule has 0 aromatic heterocycles. The first-order valence-electron chi connectivity index (χ1n) is 8.46. The highest BCUT2D eigenvalue weighted by atomic mass is 127. The number of ketones is 1. The lowest BCUT2D eigenvalue weighted by atomic mass is 9.77. The van der Waals surface area contributed by atoms with Crippen LogP contribution in [0.2, 0.25) is 0 Å². The van der Waals surface area contributed by atoms with Crippen LogP contribution in [0.15, 0.2) is 47.6 Å². The second-order valence-corrected chi connectivity index (χ2v) is 7.33. The summed E-state index contributed by atoms with van der Waals surface area (Å²) in [6.07, 6.45) is 3.43. The maximum absolute atomic E-state index is 12.6. The molecule has 0 saturated heterocycles. The molecular formula is C20H19IN2O4. The van der Waals surface area contributed by atoms with Gasteiger partial charge >= 0.3 is 0 Å². The third-order valence-electron chi connectivity index (χ3n) is 4.54. The molecular weight excluding hydrogens is 459 g/mol. The predicted octanol–water partition coefficient (Wildman–Crippen LogP) is 3.68. The Bertz CT molecular complexity index is 911. The molecule has 6 nitrogen and oxygen atoms in total. The largest absolute Gasteiger partial charge is 0.493 e. The molecule has 1 aliphatic carbocycles. The number of nitriles is 1. The maximum atomic E-state index is 12.6. The molecule has 1 aliphatic heterocycles. The first-order chi connectivity index (χ1) is 13.0. The molecule has 7 heteroatoms. The summed E-state index contributed by atoms with van der Waals surface area (Å²) < 4.78 is 17.6. The van der Waals surface area contributed by atoms with Gasteiger partial charge in [0.2, 0.25) is 5.88 Å². The van der Waals surface area contributed by atoms with Crippen molar-refractivity contribution in [2.45, 2.75) is 25.2 Å². The molecule has 0 spiro atoms. The van der Waals surface area contributed by atoms with E-state index in [0.717, 1.165) is 15.6 Å². The SMILES string of the molecule is C=CCOc1c(I)cc([C@@H]2C(C#N)=C(N)OC3=C2C(=O)CCC3)cc1OC. The Hall–Kier alpha value is -2.47. The van der Waals surface area contributed by atoms with Crippen molar-refractivity contribution in [3.63, 3.8) is 0 Å². The molecule has 0 bridgehead atoms. The van der Waals surface area contributed by atoms with Gasteiger partial charge in [-0.3, -0.25) is 4.79 Å². The van der Waals surface area contributed by atoms with E-state index in [1.165, 1.54) is 0 Å². The summed E-state index contributed by atoms with van der Waals surface area (Å²) in [6, 6.07) is 5.79. The summed E-state index contributed by atoms with van der Waals surface area (Å²) in [4.78, 5) is 12.6. The Labute approximate surface area is 171 Å². The summed E-state index contributed by atoms with van der Waals surface area (Å²) >= 11 is 2.15. The van der Waals surface area contributed by atoms with E-state index in [-0.39, 0.29) is 17.2 Å². The smallest absolute Gasteiger partial charge is 0.205 e. The van der Waals surface area contributed by atoms with Gasteiger partial charge in [0.1, 0.15) is 24.0 Å². The molecule has 0 unspecified atom stereocenters. The number of hydrogen-bond acceptors (Lipinski definition) is 6. The monoisotopic (exact) mass is 478 g/mol. The van der Waals surface area contributed by atoms with Gasteiger partial charge in [-0.25, -0.2) is 0 Å². The van der Waals surface area contributed by atoms with Crippen molar-refractivity contribution in [2.75, 3.05) is 13.7 Å². The van der Waals surface area contributed by atoms with E-state index in [4.69, 9.17) is 19.9 Å². The van der Waals surface area contributed by atoms with Crippen LogP contribution >= 0.6 is 22.6 Å². The molecule has 27 heavy (non-hydrogen) atoms. The quantitative estimate of drug-likeness (QED) is 0.513. The van der Waals surface area contributed by atoms with Crippen LogP contribution in [0.1, 0.15) is 30.7 Å². The number of carbonyl (C=O) groups is 1. The fraction of sp³-hybridized carbons (Fsp3) is 0.300. The number of methoxy groups -OCH3 is 1. The van der Waals surface area contributed by atoms with Gasteiger partial charge < -0.3 is 19.9 Å². The fourth-order valence-electron chi connectivity index (χ4n) is 3.38.